The van der Waals surface area contributed by atoms with Crippen LogP contribution in [0.3, 0.4) is 0 Å². The molecular formula is C15H19NO3. The largest absolute Gasteiger partial charge is 0.462 e. The Labute approximate surface area is 113 Å². The third kappa shape index (κ3) is 4.32. The lowest BCUT2D eigenvalue weighted by Gasteiger charge is -2.16. The maximum absolute atomic E-state index is 10.2. The molecule has 0 aromatic heterocycles. The zero-order valence-corrected chi connectivity index (χ0v) is 10.9. The van der Waals surface area contributed by atoms with Gasteiger partial charge < -0.3 is 14.8 Å². The van der Waals surface area contributed by atoms with Crippen molar-refractivity contribution in [2.45, 2.75) is 19.3 Å². The van der Waals surface area contributed by atoms with Gasteiger partial charge in [0.1, 0.15) is 12.0 Å². The van der Waals surface area contributed by atoms with Gasteiger partial charge in [-0.15, -0.1) is 0 Å². The summed E-state index contributed by atoms with van der Waals surface area (Å²) in [7, 11) is 0. The Morgan fingerprint density at radius 2 is 2.16 bits per heavy atom. The van der Waals surface area contributed by atoms with Crippen LogP contribution < -0.4 is 5.32 Å². The molecule has 0 aliphatic carbocycles. The van der Waals surface area contributed by atoms with E-state index in [0.717, 1.165) is 31.4 Å². The van der Waals surface area contributed by atoms with Crippen LogP contribution in [-0.2, 0) is 20.7 Å². The van der Waals surface area contributed by atoms with E-state index in [1.54, 1.807) is 6.26 Å². The number of allylic oxidation sites excluding steroid dienone is 1. The molecule has 4 heteroatoms. The van der Waals surface area contributed by atoms with E-state index in [4.69, 9.17) is 9.47 Å². The van der Waals surface area contributed by atoms with Gasteiger partial charge in [0.25, 0.3) is 0 Å². The van der Waals surface area contributed by atoms with E-state index >= 15 is 0 Å². The fourth-order valence-corrected chi connectivity index (χ4v) is 2.22. The zero-order valence-electron chi connectivity index (χ0n) is 10.9. The Bertz CT molecular complexity index is 417. The van der Waals surface area contributed by atoms with Crippen molar-refractivity contribution in [2.75, 3.05) is 13.3 Å². The minimum atomic E-state index is 0.304. The second-order valence-electron chi connectivity index (χ2n) is 4.55. The molecule has 0 bridgehead atoms. The SMILES string of the molecule is O=CNCCCC(Cc1ccccc1)C1=COCO1. The molecule has 1 unspecified atom stereocenters. The first-order valence-electron chi connectivity index (χ1n) is 6.55. The lowest BCUT2D eigenvalue weighted by atomic mass is 9.93. The Balaban J connectivity index is 1.92. The molecule has 102 valence electrons. The Kier molecular flexibility index (Phi) is 5.29. The first kappa shape index (κ1) is 13.5. The minimum absolute atomic E-state index is 0.304. The van der Waals surface area contributed by atoms with Crippen LogP contribution in [0.2, 0.25) is 0 Å². The van der Waals surface area contributed by atoms with Gasteiger partial charge in [0.05, 0.1) is 0 Å². The molecule has 1 heterocycles. The number of carbonyl (C=O) groups is 1. The average molecular weight is 261 g/mol. The van der Waals surface area contributed by atoms with E-state index in [1.165, 1.54) is 5.56 Å². The van der Waals surface area contributed by atoms with Crippen LogP contribution in [0, 0.1) is 5.92 Å². The summed E-state index contributed by atoms with van der Waals surface area (Å²) in [6, 6.07) is 10.3. The molecule has 1 atom stereocenters. The van der Waals surface area contributed by atoms with Crippen LogP contribution >= 0.6 is 0 Å². The minimum Gasteiger partial charge on any atom is -0.462 e. The Morgan fingerprint density at radius 1 is 1.32 bits per heavy atom. The lowest BCUT2D eigenvalue weighted by molar-refractivity contribution is -0.109. The van der Waals surface area contributed by atoms with E-state index in [0.29, 0.717) is 19.3 Å². The highest BCUT2D eigenvalue weighted by Gasteiger charge is 2.20. The van der Waals surface area contributed by atoms with Gasteiger partial charge in [-0.2, -0.15) is 0 Å². The van der Waals surface area contributed by atoms with Crippen molar-refractivity contribution in [3.8, 4) is 0 Å². The molecule has 0 saturated carbocycles. The third-order valence-electron chi connectivity index (χ3n) is 3.18. The number of carbonyl (C=O) groups excluding carboxylic acids is 1. The summed E-state index contributed by atoms with van der Waals surface area (Å²) in [5.74, 6) is 1.22. The van der Waals surface area contributed by atoms with Gasteiger partial charge in [0.15, 0.2) is 0 Å². The number of benzene rings is 1. The first-order valence-corrected chi connectivity index (χ1v) is 6.55. The van der Waals surface area contributed by atoms with E-state index < -0.39 is 0 Å². The van der Waals surface area contributed by atoms with Crippen molar-refractivity contribution in [3.63, 3.8) is 0 Å². The molecule has 1 amide bonds. The van der Waals surface area contributed by atoms with Gasteiger partial charge in [0, 0.05) is 12.5 Å². The van der Waals surface area contributed by atoms with Gasteiger partial charge in [-0.1, -0.05) is 30.3 Å². The molecule has 1 aromatic rings. The zero-order chi connectivity index (χ0) is 13.3. The molecule has 1 N–H and O–H groups in total. The van der Waals surface area contributed by atoms with Crippen LogP contribution in [0.5, 0.6) is 0 Å². The average Bonchev–Trinajstić information content (AvgIpc) is 2.97. The third-order valence-corrected chi connectivity index (χ3v) is 3.18. The summed E-state index contributed by atoms with van der Waals surface area (Å²) in [6.45, 7) is 1.01. The van der Waals surface area contributed by atoms with E-state index in [1.807, 2.05) is 18.2 Å². The molecule has 19 heavy (non-hydrogen) atoms. The molecule has 1 aromatic carbocycles. The number of rotatable bonds is 8. The van der Waals surface area contributed by atoms with Crippen LogP contribution in [0.15, 0.2) is 42.4 Å². The fourth-order valence-electron chi connectivity index (χ4n) is 2.22. The predicted octanol–water partition coefficient (Wildman–Crippen LogP) is 2.22. The van der Waals surface area contributed by atoms with Crippen LogP contribution in [-0.4, -0.2) is 19.7 Å². The standard InChI is InChI=1S/C15H19NO3/c17-11-16-8-4-7-14(15-10-18-12-19-15)9-13-5-2-1-3-6-13/h1-3,5-6,10-11,14H,4,7-9,12H2,(H,16,17). The molecular weight excluding hydrogens is 242 g/mol. The molecule has 0 saturated heterocycles. The van der Waals surface area contributed by atoms with Crippen LogP contribution in [0.1, 0.15) is 18.4 Å². The summed E-state index contributed by atoms with van der Waals surface area (Å²) in [4.78, 5) is 10.2. The van der Waals surface area contributed by atoms with E-state index in [9.17, 15) is 4.79 Å². The van der Waals surface area contributed by atoms with Gasteiger partial charge in [-0.05, 0) is 24.8 Å². The maximum atomic E-state index is 10.2. The molecule has 4 nitrogen and oxygen atoms in total. The smallest absolute Gasteiger partial charge is 0.229 e. The molecule has 0 radical (unpaired) electrons. The number of amides is 1. The highest BCUT2D eigenvalue weighted by molar-refractivity contribution is 5.45. The molecule has 0 fully saturated rings. The summed E-state index contributed by atoms with van der Waals surface area (Å²) in [5, 5.41) is 2.69. The predicted molar refractivity (Wildman–Crippen MR) is 72.1 cm³/mol. The monoisotopic (exact) mass is 261 g/mol. The van der Waals surface area contributed by atoms with Crippen molar-refractivity contribution in [2.24, 2.45) is 5.92 Å². The van der Waals surface area contributed by atoms with Gasteiger partial charge in [0.2, 0.25) is 13.2 Å². The van der Waals surface area contributed by atoms with Crippen molar-refractivity contribution in [3.05, 3.63) is 47.9 Å². The normalized spacial score (nSPS) is 15.1. The number of ether oxygens (including phenoxy) is 2. The topological polar surface area (TPSA) is 47.6 Å². The molecule has 2 rings (SSSR count). The lowest BCUT2D eigenvalue weighted by Crippen LogP contribution is -2.15. The second kappa shape index (κ2) is 7.46. The van der Waals surface area contributed by atoms with Crippen molar-refractivity contribution < 1.29 is 14.3 Å². The Morgan fingerprint density at radius 3 is 2.84 bits per heavy atom. The van der Waals surface area contributed by atoms with Gasteiger partial charge in [-0.3, -0.25) is 4.79 Å². The van der Waals surface area contributed by atoms with Crippen LogP contribution in [0.25, 0.3) is 0 Å². The van der Waals surface area contributed by atoms with Crippen LogP contribution in [0.4, 0.5) is 0 Å². The highest BCUT2D eigenvalue weighted by Crippen LogP contribution is 2.25. The molecule has 1 aliphatic heterocycles. The summed E-state index contributed by atoms with van der Waals surface area (Å²) in [5.41, 5.74) is 1.28. The van der Waals surface area contributed by atoms with Gasteiger partial charge >= 0.3 is 0 Å². The van der Waals surface area contributed by atoms with Gasteiger partial charge in [-0.25, -0.2) is 0 Å². The summed E-state index contributed by atoms with van der Waals surface area (Å²) in [6.07, 6.45) is 5.26. The second-order valence-corrected chi connectivity index (χ2v) is 4.55. The fraction of sp³-hybridized carbons (Fsp3) is 0.400. The van der Waals surface area contributed by atoms with Crippen molar-refractivity contribution in [1.82, 2.24) is 5.32 Å². The first-order chi connectivity index (χ1) is 9.40. The number of hydrogen-bond donors (Lipinski definition) is 1. The van der Waals surface area contributed by atoms with E-state index in [2.05, 4.69) is 17.4 Å². The number of nitrogens with one attached hydrogen (secondary N) is 1. The summed E-state index contributed by atoms with van der Waals surface area (Å²) >= 11 is 0. The maximum Gasteiger partial charge on any atom is 0.229 e. The summed E-state index contributed by atoms with van der Waals surface area (Å²) < 4.78 is 10.6. The van der Waals surface area contributed by atoms with Crippen molar-refractivity contribution >= 4 is 6.41 Å². The Hall–Kier alpha value is -1.97. The molecule has 1 aliphatic rings. The number of hydrogen-bond acceptors (Lipinski definition) is 3. The van der Waals surface area contributed by atoms with E-state index in [-0.39, 0.29) is 0 Å². The highest BCUT2D eigenvalue weighted by atomic mass is 16.7. The quantitative estimate of drug-likeness (QED) is 0.576. The van der Waals surface area contributed by atoms with Crippen molar-refractivity contribution in [1.29, 1.82) is 0 Å². The molecule has 0 spiro atoms.